The Labute approximate surface area is 166 Å². The van der Waals surface area contributed by atoms with E-state index in [-0.39, 0.29) is 31.8 Å². The van der Waals surface area contributed by atoms with E-state index in [4.69, 9.17) is 4.74 Å². The van der Waals surface area contributed by atoms with Crippen LogP contribution in [0.25, 0.3) is 0 Å². The summed E-state index contributed by atoms with van der Waals surface area (Å²) in [5, 5.41) is 2.45. The number of esters is 1. The molecular formula is C21H19FN2O5. The molecule has 29 heavy (non-hydrogen) atoms. The third kappa shape index (κ3) is 5.04. The zero-order valence-corrected chi connectivity index (χ0v) is 15.5. The summed E-state index contributed by atoms with van der Waals surface area (Å²) in [6.45, 7) is -0.682. The van der Waals surface area contributed by atoms with Gasteiger partial charge in [0.25, 0.3) is 11.8 Å². The van der Waals surface area contributed by atoms with Crippen LogP contribution >= 0.6 is 0 Å². The van der Waals surface area contributed by atoms with E-state index in [1.165, 1.54) is 12.1 Å². The highest BCUT2D eigenvalue weighted by Crippen LogP contribution is 2.19. The Kier molecular flexibility index (Phi) is 6.33. The van der Waals surface area contributed by atoms with Crippen LogP contribution in [0.3, 0.4) is 0 Å². The van der Waals surface area contributed by atoms with Crippen molar-refractivity contribution in [1.82, 2.24) is 10.2 Å². The second-order valence-corrected chi connectivity index (χ2v) is 6.46. The number of carbonyl (C=O) groups excluding carboxylic acids is 4. The molecule has 1 aliphatic heterocycles. The van der Waals surface area contributed by atoms with Crippen LogP contribution in [0.1, 0.15) is 27.9 Å². The van der Waals surface area contributed by atoms with Gasteiger partial charge in [-0.1, -0.05) is 36.4 Å². The topological polar surface area (TPSA) is 92.8 Å². The van der Waals surface area contributed by atoms with Gasteiger partial charge in [-0.15, -0.1) is 0 Å². The van der Waals surface area contributed by atoms with Crippen molar-refractivity contribution < 1.29 is 28.3 Å². The summed E-state index contributed by atoms with van der Waals surface area (Å²) >= 11 is 0. The van der Waals surface area contributed by atoms with E-state index in [0.717, 1.165) is 4.90 Å². The van der Waals surface area contributed by atoms with Gasteiger partial charge in [0.2, 0.25) is 5.91 Å². The fourth-order valence-electron chi connectivity index (χ4n) is 2.93. The minimum atomic E-state index is -0.717. The Bertz CT molecular complexity index is 960. The SMILES string of the molecule is O=C(COC(=O)CCN1C(=O)Cc2ccccc2C1=O)NCc1ccccc1F. The average Bonchev–Trinajstić information content (AvgIpc) is 2.71. The summed E-state index contributed by atoms with van der Waals surface area (Å²) in [6.07, 6.45) is -0.129. The van der Waals surface area contributed by atoms with Gasteiger partial charge in [0.05, 0.1) is 12.8 Å². The predicted molar refractivity (Wildman–Crippen MR) is 100 cm³/mol. The fraction of sp³-hybridized carbons (Fsp3) is 0.238. The molecule has 0 radical (unpaired) electrons. The van der Waals surface area contributed by atoms with Crippen LogP contribution in [-0.2, 0) is 32.1 Å². The molecule has 7 nitrogen and oxygen atoms in total. The second kappa shape index (κ2) is 9.09. The molecule has 3 rings (SSSR count). The number of hydrogen-bond acceptors (Lipinski definition) is 5. The Morgan fingerprint density at radius 2 is 1.79 bits per heavy atom. The molecule has 1 aliphatic rings. The van der Waals surface area contributed by atoms with E-state index in [2.05, 4.69) is 5.32 Å². The number of nitrogens with zero attached hydrogens (tertiary/aromatic N) is 1. The monoisotopic (exact) mass is 398 g/mol. The molecule has 2 aromatic rings. The largest absolute Gasteiger partial charge is 0.456 e. The molecular weight excluding hydrogens is 379 g/mol. The molecule has 0 atom stereocenters. The molecule has 0 saturated heterocycles. The van der Waals surface area contributed by atoms with Crippen LogP contribution < -0.4 is 5.32 Å². The molecule has 0 fully saturated rings. The van der Waals surface area contributed by atoms with Crippen LogP contribution in [0, 0.1) is 5.82 Å². The lowest BCUT2D eigenvalue weighted by atomic mass is 9.98. The van der Waals surface area contributed by atoms with Crippen LogP contribution in [-0.4, -0.2) is 41.7 Å². The highest BCUT2D eigenvalue weighted by molar-refractivity contribution is 6.09. The first-order valence-corrected chi connectivity index (χ1v) is 9.04. The molecule has 0 saturated carbocycles. The van der Waals surface area contributed by atoms with Crippen molar-refractivity contribution in [3.8, 4) is 0 Å². The zero-order valence-electron chi connectivity index (χ0n) is 15.5. The molecule has 0 aromatic heterocycles. The summed E-state index contributed by atoms with van der Waals surface area (Å²) in [5.41, 5.74) is 1.41. The zero-order chi connectivity index (χ0) is 20.8. The van der Waals surface area contributed by atoms with Gasteiger partial charge in [-0.2, -0.15) is 0 Å². The van der Waals surface area contributed by atoms with E-state index in [0.29, 0.717) is 16.7 Å². The van der Waals surface area contributed by atoms with Gasteiger partial charge >= 0.3 is 5.97 Å². The van der Waals surface area contributed by atoms with Gasteiger partial charge < -0.3 is 10.1 Å². The van der Waals surface area contributed by atoms with Gasteiger partial charge in [-0.3, -0.25) is 24.1 Å². The number of imide groups is 1. The van der Waals surface area contributed by atoms with E-state index >= 15 is 0 Å². The van der Waals surface area contributed by atoms with Crippen LogP contribution in [0.5, 0.6) is 0 Å². The molecule has 0 bridgehead atoms. The van der Waals surface area contributed by atoms with Gasteiger partial charge in [0.1, 0.15) is 5.82 Å². The molecule has 8 heteroatoms. The van der Waals surface area contributed by atoms with Crippen molar-refractivity contribution in [2.24, 2.45) is 0 Å². The third-order valence-electron chi connectivity index (χ3n) is 4.47. The van der Waals surface area contributed by atoms with Crippen molar-refractivity contribution in [1.29, 1.82) is 0 Å². The van der Waals surface area contributed by atoms with Gasteiger partial charge in [-0.25, -0.2) is 4.39 Å². The number of rotatable bonds is 7. The number of benzene rings is 2. The molecule has 1 N–H and O–H groups in total. The van der Waals surface area contributed by atoms with Crippen molar-refractivity contribution in [2.45, 2.75) is 19.4 Å². The number of fused-ring (bicyclic) bond motifs is 1. The van der Waals surface area contributed by atoms with E-state index in [1.807, 2.05) is 0 Å². The molecule has 0 spiro atoms. The summed E-state index contributed by atoms with van der Waals surface area (Å²) in [7, 11) is 0. The van der Waals surface area contributed by atoms with Crippen molar-refractivity contribution in [3.63, 3.8) is 0 Å². The van der Waals surface area contributed by atoms with Crippen molar-refractivity contribution >= 4 is 23.7 Å². The number of halogens is 1. The molecule has 0 unspecified atom stereocenters. The maximum Gasteiger partial charge on any atom is 0.308 e. The van der Waals surface area contributed by atoms with E-state index in [9.17, 15) is 23.6 Å². The minimum absolute atomic E-state index is 0.0285. The molecule has 2 aromatic carbocycles. The first kappa shape index (κ1) is 20.2. The molecule has 1 heterocycles. The number of amides is 3. The fourth-order valence-corrected chi connectivity index (χ4v) is 2.93. The van der Waals surface area contributed by atoms with Gasteiger partial charge in [0, 0.05) is 24.2 Å². The average molecular weight is 398 g/mol. The summed E-state index contributed by atoms with van der Waals surface area (Å²) in [5.74, 6) is -2.58. The summed E-state index contributed by atoms with van der Waals surface area (Å²) < 4.78 is 18.4. The Morgan fingerprint density at radius 3 is 2.59 bits per heavy atom. The lowest BCUT2D eigenvalue weighted by Crippen LogP contribution is -2.43. The number of ether oxygens (including phenoxy) is 1. The van der Waals surface area contributed by atoms with Crippen molar-refractivity contribution in [2.75, 3.05) is 13.2 Å². The molecule has 0 aliphatic carbocycles. The number of carbonyl (C=O) groups is 4. The number of hydrogen-bond donors (Lipinski definition) is 1. The summed E-state index contributed by atoms with van der Waals surface area (Å²) in [4.78, 5) is 49.2. The maximum absolute atomic E-state index is 13.5. The normalized spacial score (nSPS) is 13.1. The van der Waals surface area contributed by atoms with Crippen LogP contribution in [0.4, 0.5) is 4.39 Å². The second-order valence-electron chi connectivity index (χ2n) is 6.46. The first-order chi connectivity index (χ1) is 14.0. The quantitative estimate of drug-likeness (QED) is 0.565. The Morgan fingerprint density at radius 1 is 1.07 bits per heavy atom. The van der Waals surface area contributed by atoms with Gasteiger partial charge in [0.15, 0.2) is 6.61 Å². The lowest BCUT2D eigenvalue weighted by Gasteiger charge is -2.26. The first-order valence-electron chi connectivity index (χ1n) is 9.04. The third-order valence-corrected chi connectivity index (χ3v) is 4.47. The van der Waals surface area contributed by atoms with Crippen LogP contribution in [0.15, 0.2) is 48.5 Å². The highest BCUT2D eigenvalue weighted by atomic mass is 19.1. The van der Waals surface area contributed by atoms with E-state index in [1.54, 1.807) is 36.4 Å². The Balaban J connectivity index is 1.43. The van der Waals surface area contributed by atoms with Gasteiger partial charge in [-0.05, 0) is 17.7 Å². The predicted octanol–water partition coefficient (Wildman–Crippen LogP) is 1.60. The summed E-state index contributed by atoms with van der Waals surface area (Å²) in [6, 6.07) is 12.8. The smallest absolute Gasteiger partial charge is 0.308 e. The molecule has 150 valence electrons. The lowest BCUT2D eigenvalue weighted by molar-refractivity contribution is -0.149. The molecule has 3 amide bonds. The van der Waals surface area contributed by atoms with Crippen molar-refractivity contribution in [3.05, 3.63) is 71.0 Å². The standard InChI is InChI=1S/C21H19FN2O5/c22-17-8-4-2-6-15(17)12-23-18(25)13-29-20(27)9-10-24-19(26)11-14-5-1-3-7-16(14)21(24)28/h1-8H,9-13H2,(H,23,25). The van der Waals surface area contributed by atoms with Crippen LogP contribution in [0.2, 0.25) is 0 Å². The number of nitrogens with one attached hydrogen (secondary N) is 1. The Hall–Kier alpha value is -3.55. The van der Waals surface area contributed by atoms with E-state index < -0.39 is 30.2 Å². The maximum atomic E-state index is 13.5. The highest BCUT2D eigenvalue weighted by Gasteiger charge is 2.30. The minimum Gasteiger partial charge on any atom is -0.456 e.